The number of amides is 3. The number of methoxy groups -OCH3 is 1. The van der Waals surface area contributed by atoms with Gasteiger partial charge in [-0.25, -0.2) is 0 Å². The van der Waals surface area contributed by atoms with Crippen molar-refractivity contribution in [3.8, 4) is 5.75 Å². The van der Waals surface area contributed by atoms with Crippen LogP contribution in [-0.4, -0.2) is 99.1 Å². The van der Waals surface area contributed by atoms with Gasteiger partial charge in [0.1, 0.15) is 12.4 Å². The quantitative estimate of drug-likeness (QED) is 0.719. The molecule has 1 aromatic rings. The lowest BCUT2D eigenvalue weighted by molar-refractivity contribution is -0.136. The molecule has 0 saturated heterocycles. The van der Waals surface area contributed by atoms with Crippen molar-refractivity contribution in [1.29, 1.82) is 0 Å². The number of hydrogen-bond acceptors (Lipinski definition) is 6. The summed E-state index contributed by atoms with van der Waals surface area (Å²) >= 11 is 0. The Kier molecular flexibility index (Phi) is 9.67. The Balaban J connectivity index is 2.44. The van der Waals surface area contributed by atoms with Gasteiger partial charge in [-0.15, -0.1) is 0 Å². The fourth-order valence-corrected chi connectivity index (χ4v) is 3.81. The molecule has 0 saturated carbocycles. The summed E-state index contributed by atoms with van der Waals surface area (Å²) in [6, 6.07) is 4.79. The van der Waals surface area contributed by atoms with Gasteiger partial charge < -0.3 is 29.5 Å². The van der Waals surface area contributed by atoms with E-state index in [1.54, 1.807) is 44.2 Å². The molecule has 0 fully saturated rings. The van der Waals surface area contributed by atoms with E-state index >= 15 is 0 Å². The first-order valence-corrected chi connectivity index (χ1v) is 11.4. The number of carbonyl (C=O) groups excluding carboxylic acids is 3. The van der Waals surface area contributed by atoms with E-state index in [0.29, 0.717) is 36.5 Å². The molecule has 0 radical (unpaired) electrons. The summed E-state index contributed by atoms with van der Waals surface area (Å²) in [4.78, 5) is 43.4. The third-order valence-corrected chi connectivity index (χ3v) is 5.82. The molecule has 1 N–H and O–H groups in total. The first-order valence-electron chi connectivity index (χ1n) is 11.4. The zero-order valence-electron chi connectivity index (χ0n) is 20.9. The standard InChI is InChI=1S/C24H38N4O5/c1-8-22(29)25-18-9-10-19-20(11-18)33-15-17(3)28(23(30)14-26(4)5)12-16(2)21(32-7)13-27(6)24(19)31/h9-11,16-17,21H,8,12-15H2,1-7H3,(H,25,29)/t16-,17+,21+/m0/s1. The van der Waals surface area contributed by atoms with Crippen molar-refractivity contribution in [2.45, 2.75) is 39.3 Å². The smallest absolute Gasteiger partial charge is 0.257 e. The highest BCUT2D eigenvalue weighted by Gasteiger charge is 2.30. The van der Waals surface area contributed by atoms with Gasteiger partial charge in [0.15, 0.2) is 0 Å². The SMILES string of the molecule is CCC(=O)Nc1ccc2c(c1)OC[C@@H](C)N(C(=O)CN(C)C)C[C@H](C)[C@H](OC)CN(C)C2=O. The van der Waals surface area contributed by atoms with Crippen LogP contribution in [0.5, 0.6) is 5.75 Å². The second kappa shape index (κ2) is 12.0. The van der Waals surface area contributed by atoms with Crippen molar-refractivity contribution in [3.05, 3.63) is 23.8 Å². The summed E-state index contributed by atoms with van der Waals surface area (Å²) < 4.78 is 11.8. The lowest BCUT2D eigenvalue weighted by Gasteiger charge is -2.36. The van der Waals surface area contributed by atoms with Gasteiger partial charge in [0.05, 0.1) is 24.3 Å². The Morgan fingerprint density at radius 1 is 1.24 bits per heavy atom. The normalized spacial score (nSPS) is 22.2. The molecule has 1 aliphatic heterocycles. The Morgan fingerprint density at radius 2 is 1.94 bits per heavy atom. The Bertz CT molecular complexity index is 844. The number of anilines is 1. The molecule has 33 heavy (non-hydrogen) atoms. The molecule has 9 heteroatoms. The number of nitrogens with one attached hydrogen (secondary N) is 1. The van der Waals surface area contributed by atoms with Gasteiger partial charge in [-0.05, 0) is 33.2 Å². The van der Waals surface area contributed by atoms with Gasteiger partial charge in [0.2, 0.25) is 11.8 Å². The van der Waals surface area contributed by atoms with Gasteiger partial charge in [-0.3, -0.25) is 14.4 Å². The van der Waals surface area contributed by atoms with Crippen molar-refractivity contribution in [2.24, 2.45) is 5.92 Å². The number of benzene rings is 1. The van der Waals surface area contributed by atoms with Crippen molar-refractivity contribution < 1.29 is 23.9 Å². The molecule has 1 heterocycles. The average Bonchev–Trinajstić information content (AvgIpc) is 2.77. The highest BCUT2D eigenvalue weighted by Crippen LogP contribution is 2.27. The Morgan fingerprint density at radius 3 is 2.55 bits per heavy atom. The summed E-state index contributed by atoms with van der Waals surface area (Å²) in [5.74, 6) is 0.0571. The molecule has 3 amide bonds. The van der Waals surface area contributed by atoms with Gasteiger partial charge in [0.25, 0.3) is 5.91 Å². The van der Waals surface area contributed by atoms with Crippen LogP contribution in [0.4, 0.5) is 5.69 Å². The van der Waals surface area contributed by atoms with E-state index in [9.17, 15) is 14.4 Å². The van der Waals surface area contributed by atoms with Crippen LogP contribution in [0.2, 0.25) is 0 Å². The largest absolute Gasteiger partial charge is 0.491 e. The van der Waals surface area contributed by atoms with E-state index in [2.05, 4.69) is 5.32 Å². The number of rotatable bonds is 5. The molecule has 3 atom stereocenters. The minimum atomic E-state index is -0.243. The molecule has 9 nitrogen and oxygen atoms in total. The zero-order valence-corrected chi connectivity index (χ0v) is 20.9. The van der Waals surface area contributed by atoms with Crippen molar-refractivity contribution >= 4 is 23.4 Å². The van der Waals surface area contributed by atoms with Crippen LogP contribution in [-0.2, 0) is 14.3 Å². The number of fused-ring (bicyclic) bond motifs is 1. The van der Waals surface area contributed by atoms with E-state index in [0.717, 1.165) is 0 Å². The van der Waals surface area contributed by atoms with E-state index < -0.39 is 0 Å². The zero-order chi connectivity index (χ0) is 24.7. The summed E-state index contributed by atoms with van der Waals surface area (Å²) in [6.45, 7) is 7.08. The molecule has 1 aliphatic rings. The fraction of sp³-hybridized carbons (Fsp3) is 0.625. The molecule has 0 bridgehead atoms. The van der Waals surface area contributed by atoms with E-state index in [1.807, 2.05) is 37.7 Å². The number of hydrogen-bond donors (Lipinski definition) is 1. The lowest BCUT2D eigenvalue weighted by Crippen LogP contribution is -2.50. The van der Waals surface area contributed by atoms with Crippen LogP contribution in [0.3, 0.4) is 0 Å². The maximum absolute atomic E-state index is 13.2. The number of likely N-dealkylation sites (N-methyl/N-ethyl adjacent to an activating group) is 2. The topological polar surface area (TPSA) is 91.4 Å². The number of nitrogens with zero attached hydrogens (tertiary/aromatic N) is 3. The van der Waals surface area contributed by atoms with Crippen LogP contribution >= 0.6 is 0 Å². The lowest BCUT2D eigenvalue weighted by atomic mass is 10.0. The monoisotopic (exact) mass is 462 g/mol. The van der Waals surface area contributed by atoms with E-state index in [4.69, 9.17) is 9.47 Å². The molecule has 0 aromatic heterocycles. The Labute approximate surface area is 197 Å². The van der Waals surface area contributed by atoms with Gasteiger partial charge >= 0.3 is 0 Å². The van der Waals surface area contributed by atoms with Crippen LogP contribution in [0.15, 0.2) is 18.2 Å². The van der Waals surface area contributed by atoms with Crippen LogP contribution in [0.1, 0.15) is 37.6 Å². The first-order chi connectivity index (χ1) is 15.6. The summed E-state index contributed by atoms with van der Waals surface area (Å²) in [6.07, 6.45) is 0.101. The van der Waals surface area contributed by atoms with Crippen LogP contribution < -0.4 is 10.1 Å². The maximum Gasteiger partial charge on any atom is 0.257 e. The summed E-state index contributed by atoms with van der Waals surface area (Å²) in [5, 5.41) is 2.80. The minimum Gasteiger partial charge on any atom is -0.491 e. The number of carbonyl (C=O) groups is 3. The third-order valence-electron chi connectivity index (χ3n) is 5.82. The van der Waals surface area contributed by atoms with E-state index in [1.165, 1.54) is 0 Å². The van der Waals surface area contributed by atoms with Crippen molar-refractivity contribution in [3.63, 3.8) is 0 Å². The van der Waals surface area contributed by atoms with Gasteiger partial charge in [-0.1, -0.05) is 13.8 Å². The fourth-order valence-electron chi connectivity index (χ4n) is 3.81. The van der Waals surface area contributed by atoms with Crippen LogP contribution in [0, 0.1) is 5.92 Å². The predicted octanol–water partition coefficient (Wildman–Crippen LogP) is 1.93. The first kappa shape index (κ1) is 26.6. The molecule has 184 valence electrons. The summed E-state index contributed by atoms with van der Waals surface area (Å²) in [7, 11) is 7.07. The highest BCUT2D eigenvalue weighted by molar-refractivity contribution is 5.98. The van der Waals surface area contributed by atoms with Gasteiger partial charge in [0, 0.05) is 51.3 Å². The molecular formula is C24H38N4O5. The minimum absolute atomic E-state index is 0.00322. The molecule has 2 rings (SSSR count). The number of ether oxygens (including phenoxy) is 2. The maximum atomic E-state index is 13.2. The Hall–Kier alpha value is -2.65. The molecular weight excluding hydrogens is 424 g/mol. The predicted molar refractivity (Wildman–Crippen MR) is 128 cm³/mol. The van der Waals surface area contributed by atoms with Crippen molar-refractivity contribution in [1.82, 2.24) is 14.7 Å². The second-order valence-corrected chi connectivity index (χ2v) is 8.99. The molecule has 0 spiro atoms. The van der Waals surface area contributed by atoms with Crippen LogP contribution in [0.25, 0.3) is 0 Å². The molecule has 0 aliphatic carbocycles. The average molecular weight is 463 g/mol. The summed E-state index contributed by atoms with van der Waals surface area (Å²) in [5.41, 5.74) is 0.952. The molecule has 1 aromatic carbocycles. The third kappa shape index (κ3) is 7.17. The van der Waals surface area contributed by atoms with E-state index in [-0.39, 0.29) is 48.9 Å². The molecule has 0 unspecified atom stereocenters. The van der Waals surface area contributed by atoms with Gasteiger partial charge in [-0.2, -0.15) is 0 Å². The van der Waals surface area contributed by atoms with Crippen molar-refractivity contribution in [2.75, 3.05) is 59.8 Å². The second-order valence-electron chi connectivity index (χ2n) is 8.99. The highest BCUT2D eigenvalue weighted by atomic mass is 16.5.